The van der Waals surface area contributed by atoms with Crippen LogP contribution >= 0.6 is 0 Å². The molecule has 102 valence electrons. The Kier molecular flexibility index (Phi) is 7.09. The maximum absolute atomic E-state index is 3.56. The fraction of sp³-hybridized carbons (Fsp3) is 1.00. The molecule has 1 rings (SSSR count). The van der Waals surface area contributed by atoms with E-state index in [4.69, 9.17) is 0 Å². The van der Waals surface area contributed by atoms with Gasteiger partial charge in [-0.15, -0.1) is 0 Å². The quantitative estimate of drug-likeness (QED) is 0.733. The molecule has 1 aliphatic heterocycles. The summed E-state index contributed by atoms with van der Waals surface area (Å²) < 4.78 is 0. The summed E-state index contributed by atoms with van der Waals surface area (Å²) in [5.41, 5.74) is 0. The van der Waals surface area contributed by atoms with Crippen molar-refractivity contribution in [2.45, 2.75) is 52.1 Å². The zero-order valence-electron chi connectivity index (χ0n) is 12.2. The predicted octanol–water partition coefficient (Wildman–Crippen LogP) is 1.79. The zero-order valence-corrected chi connectivity index (χ0v) is 12.2. The average Bonchev–Trinajstić information content (AvgIpc) is 2.32. The van der Waals surface area contributed by atoms with Gasteiger partial charge in [0.2, 0.25) is 0 Å². The predicted molar refractivity (Wildman–Crippen MR) is 75.5 cm³/mol. The molecule has 0 radical (unpaired) electrons. The van der Waals surface area contributed by atoms with Crippen molar-refractivity contribution in [1.29, 1.82) is 0 Å². The Morgan fingerprint density at radius 1 is 1.29 bits per heavy atom. The lowest BCUT2D eigenvalue weighted by Crippen LogP contribution is -2.50. The summed E-state index contributed by atoms with van der Waals surface area (Å²) in [7, 11) is 2.24. The van der Waals surface area contributed by atoms with Crippen molar-refractivity contribution in [1.82, 2.24) is 15.1 Å². The summed E-state index contributed by atoms with van der Waals surface area (Å²) >= 11 is 0. The fourth-order valence-electron chi connectivity index (χ4n) is 2.63. The van der Waals surface area contributed by atoms with Crippen LogP contribution in [0.15, 0.2) is 0 Å². The highest BCUT2D eigenvalue weighted by molar-refractivity contribution is 4.77. The van der Waals surface area contributed by atoms with Gasteiger partial charge < -0.3 is 15.1 Å². The maximum Gasteiger partial charge on any atom is 0.0192 e. The normalized spacial score (nSPS) is 25.1. The third kappa shape index (κ3) is 5.36. The molecule has 0 aromatic carbocycles. The van der Waals surface area contributed by atoms with Crippen LogP contribution in [0.1, 0.15) is 40.0 Å². The van der Waals surface area contributed by atoms with Crippen molar-refractivity contribution in [2.24, 2.45) is 0 Å². The number of rotatable bonds is 7. The molecule has 0 bridgehead atoms. The maximum atomic E-state index is 3.56. The molecule has 1 N–H and O–H groups in total. The van der Waals surface area contributed by atoms with Gasteiger partial charge in [-0.05, 0) is 46.3 Å². The Morgan fingerprint density at radius 2 is 2.06 bits per heavy atom. The standard InChI is InChI=1S/C14H31N3/c1-5-14(15-6-2)8-7-9-17-11-10-16(4)13(3)12-17/h13-15H,5-12H2,1-4H3. The number of hydrogen-bond donors (Lipinski definition) is 1. The van der Waals surface area contributed by atoms with Gasteiger partial charge in [0.25, 0.3) is 0 Å². The van der Waals surface area contributed by atoms with Crippen LogP contribution in [-0.2, 0) is 0 Å². The van der Waals surface area contributed by atoms with Gasteiger partial charge in [0, 0.05) is 31.7 Å². The molecule has 0 amide bonds. The summed E-state index contributed by atoms with van der Waals surface area (Å²) in [4.78, 5) is 5.09. The van der Waals surface area contributed by atoms with Crippen LogP contribution in [0.25, 0.3) is 0 Å². The second-order valence-corrected chi connectivity index (χ2v) is 5.44. The van der Waals surface area contributed by atoms with E-state index in [1.54, 1.807) is 0 Å². The first-order valence-electron chi connectivity index (χ1n) is 7.33. The molecule has 1 heterocycles. The zero-order chi connectivity index (χ0) is 12.7. The Bertz CT molecular complexity index is 196. The fourth-order valence-corrected chi connectivity index (χ4v) is 2.63. The van der Waals surface area contributed by atoms with E-state index < -0.39 is 0 Å². The number of piperazine rings is 1. The van der Waals surface area contributed by atoms with Crippen molar-refractivity contribution in [2.75, 3.05) is 39.8 Å². The van der Waals surface area contributed by atoms with Gasteiger partial charge in [-0.1, -0.05) is 13.8 Å². The Hall–Kier alpha value is -0.120. The highest BCUT2D eigenvalue weighted by Crippen LogP contribution is 2.09. The van der Waals surface area contributed by atoms with E-state index in [0.29, 0.717) is 0 Å². The first kappa shape index (κ1) is 14.9. The largest absolute Gasteiger partial charge is 0.314 e. The summed E-state index contributed by atoms with van der Waals surface area (Å²) in [5, 5.41) is 3.56. The minimum absolute atomic E-state index is 0.722. The van der Waals surface area contributed by atoms with Crippen molar-refractivity contribution in [3.05, 3.63) is 0 Å². The Balaban J connectivity index is 2.14. The summed E-state index contributed by atoms with van der Waals surface area (Å²) in [6.07, 6.45) is 3.92. The topological polar surface area (TPSA) is 18.5 Å². The molecule has 0 saturated carbocycles. The third-order valence-corrected chi connectivity index (χ3v) is 4.06. The van der Waals surface area contributed by atoms with Gasteiger partial charge in [-0.2, -0.15) is 0 Å². The molecule has 0 spiro atoms. The molecule has 3 heteroatoms. The summed E-state index contributed by atoms with van der Waals surface area (Å²) in [6.45, 7) is 12.9. The van der Waals surface area contributed by atoms with E-state index in [1.807, 2.05) is 0 Å². The molecule has 1 aliphatic rings. The van der Waals surface area contributed by atoms with Gasteiger partial charge in [0.1, 0.15) is 0 Å². The monoisotopic (exact) mass is 241 g/mol. The van der Waals surface area contributed by atoms with E-state index in [1.165, 1.54) is 45.4 Å². The highest BCUT2D eigenvalue weighted by atomic mass is 15.3. The number of nitrogens with one attached hydrogen (secondary N) is 1. The van der Waals surface area contributed by atoms with Gasteiger partial charge in [-0.25, -0.2) is 0 Å². The van der Waals surface area contributed by atoms with E-state index in [2.05, 4.69) is 42.9 Å². The van der Waals surface area contributed by atoms with Crippen LogP contribution in [0.2, 0.25) is 0 Å². The van der Waals surface area contributed by atoms with Crippen molar-refractivity contribution >= 4 is 0 Å². The van der Waals surface area contributed by atoms with Crippen molar-refractivity contribution in [3.63, 3.8) is 0 Å². The van der Waals surface area contributed by atoms with Crippen LogP contribution in [0, 0.1) is 0 Å². The third-order valence-electron chi connectivity index (χ3n) is 4.06. The van der Waals surface area contributed by atoms with Gasteiger partial charge in [0.15, 0.2) is 0 Å². The first-order chi connectivity index (χ1) is 8.17. The van der Waals surface area contributed by atoms with Crippen LogP contribution in [0.5, 0.6) is 0 Å². The summed E-state index contributed by atoms with van der Waals surface area (Å²) in [6, 6.07) is 1.45. The average molecular weight is 241 g/mol. The lowest BCUT2D eigenvalue weighted by atomic mass is 10.1. The SMILES string of the molecule is CCNC(CC)CCCN1CCN(C)C(C)C1. The van der Waals surface area contributed by atoms with Crippen LogP contribution in [-0.4, -0.2) is 61.7 Å². The molecule has 1 fully saturated rings. The molecular weight excluding hydrogens is 210 g/mol. The second kappa shape index (κ2) is 8.06. The lowest BCUT2D eigenvalue weighted by molar-refractivity contribution is 0.103. The van der Waals surface area contributed by atoms with Crippen LogP contribution < -0.4 is 5.32 Å². The molecule has 3 nitrogen and oxygen atoms in total. The van der Waals surface area contributed by atoms with Crippen molar-refractivity contribution < 1.29 is 0 Å². The second-order valence-electron chi connectivity index (χ2n) is 5.44. The van der Waals surface area contributed by atoms with Gasteiger partial charge in [0.05, 0.1) is 0 Å². The van der Waals surface area contributed by atoms with Crippen LogP contribution in [0.3, 0.4) is 0 Å². The minimum atomic E-state index is 0.722. The molecule has 1 saturated heterocycles. The highest BCUT2D eigenvalue weighted by Gasteiger charge is 2.20. The number of nitrogens with zero attached hydrogens (tertiary/aromatic N) is 2. The Labute approximate surface area is 108 Å². The molecule has 0 aliphatic carbocycles. The number of hydrogen-bond acceptors (Lipinski definition) is 3. The van der Waals surface area contributed by atoms with Gasteiger partial charge in [-0.3, -0.25) is 0 Å². The van der Waals surface area contributed by atoms with E-state index in [0.717, 1.165) is 18.6 Å². The molecular formula is C14H31N3. The van der Waals surface area contributed by atoms with Crippen LogP contribution in [0.4, 0.5) is 0 Å². The first-order valence-corrected chi connectivity index (χ1v) is 7.33. The van der Waals surface area contributed by atoms with E-state index in [9.17, 15) is 0 Å². The van der Waals surface area contributed by atoms with Gasteiger partial charge >= 0.3 is 0 Å². The molecule has 17 heavy (non-hydrogen) atoms. The summed E-state index contributed by atoms with van der Waals surface area (Å²) in [5.74, 6) is 0. The van der Waals surface area contributed by atoms with Crippen molar-refractivity contribution in [3.8, 4) is 0 Å². The smallest absolute Gasteiger partial charge is 0.0192 e. The lowest BCUT2D eigenvalue weighted by Gasteiger charge is -2.37. The molecule has 2 unspecified atom stereocenters. The van der Waals surface area contributed by atoms with E-state index >= 15 is 0 Å². The molecule has 0 aromatic heterocycles. The molecule has 0 aromatic rings. The molecule has 2 atom stereocenters. The Morgan fingerprint density at radius 3 is 2.65 bits per heavy atom. The minimum Gasteiger partial charge on any atom is -0.314 e. The van der Waals surface area contributed by atoms with E-state index in [-0.39, 0.29) is 0 Å². The number of likely N-dealkylation sites (N-methyl/N-ethyl adjacent to an activating group) is 1.